The van der Waals surface area contributed by atoms with E-state index in [0.717, 1.165) is 12.1 Å². The van der Waals surface area contributed by atoms with E-state index in [4.69, 9.17) is 16.3 Å². The Hall–Kier alpha value is -2.87. The van der Waals surface area contributed by atoms with Gasteiger partial charge < -0.3 is 4.74 Å². The van der Waals surface area contributed by atoms with Gasteiger partial charge in [-0.05, 0) is 25.1 Å². The van der Waals surface area contributed by atoms with E-state index in [-0.39, 0.29) is 29.0 Å². The summed E-state index contributed by atoms with van der Waals surface area (Å²) in [6.07, 6.45) is -4.52. The lowest BCUT2D eigenvalue weighted by molar-refractivity contribution is -0.137. The van der Waals surface area contributed by atoms with Crippen molar-refractivity contribution >= 4 is 17.6 Å². The third kappa shape index (κ3) is 3.95. The van der Waals surface area contributed by atoms with Crippen molar-refractivity contribution in [3.63, 3.8) is 0 Å². The van der Waals surface area contributed by atoms with Gasteiger partial charge in [0.25, 0.3) is 5.82 Å². The molecule has 0 aliphatic carbocycles. The number of rotatable bonds is 4. The minimum Gasteiger partial charge on any atom is -0.460 e. The molecule has 9 heteroatoms. The molecule has 5 nitrogen and oxygen atoms in total. The second kappa shape index (κ2) is 7.40. The van der Waals surface area contributed by atoms with Crippen LogP contribution in [0.15, 0.2) is 48.5 Å². The highest BCUT2D eigenvalue weighted by molar-refractivity contribution is 6.32. The Morgan fingerprint density at radius 1 is 1.19 bits per heavy atom. The molecule has 2 aromatic carbocycles. The van der Waals surface area contributed by atoms with Crippen LogP contribution in [0.1, 0.15) is 23.1 Å². The zero-order chi connectivity index (χ0) is 19.6. The number of esters is 1. The van der Waals surface area contributed by atoms with E-state index in [1.54, 1.807) is 37.3 Å². The van der Waals surface area contributed by atoms with Crippen molar-refractivity contribution in [2.45, 2.75) is 13.1 Å². The molecule has 0 spiro atoms. The normalized spacial score (nSPS) is 11.4. The van der Waals surface area contributed by atoms with Crippen molar-refractivity contribution in [2.24, 2.45) is 0 Å². The summed E-state index contributed by atoms with van der Waals surface area (Å²) in [6, 6.07) is 11.6. The monoisotopic (exact) mass is 395 g/mol. The number of aromatic nitrogens is 3. The number of carbonyl (C=O) groups is 1. The fourth-order valence-corrected chi connectivity index (χ4v) is 2.65. The van der Waals surface area contributed by atoms with Crippen LogP contribution >= 0.6 is 11.6 Å². The Bertz CT molecular complexity index is 972. The minimum absolute atomic E-state index is 0.134. The van der Waals surface area contributed by atoms with E-state index in [2.05, 4.69) is 10.1 Å². The molecule has 0 saturated carbocycles. The molecule has 0 amide bonds. The molecule has 0 aliphatic heterocycles. The molecule has 0 unspecified atom stereocenters. The van der Waals surface area contributed by atoms with Gasteiger partial charge in [-0.25, -0.2) is 14.5 Å². The number of hydrogen-bond donors (Lipinski definition) is 0. The molecule has 0 atom stereocenters. The molecule has 1 aromatic heterocycles. The minimum atomic E-state index is -4.52. The largest absolute Gasteiger partial charge is 0.460 e. The average molecular weight is 396 g/mol. The molecule has 0 bridgehead atoms. The second-order valence-corrected chi connectivity index (χ2v) is 5.83. The lowest BCUT2D eigenvalue weighted by Crippen LogP contribution is -2.09. The van der Waals surface area contributed by atoms with Crippen molar-refractivity contribution in [3.05, 3.63) is 64.9 Å². The van der Waals surface area contributed by atoms with Crippen molar-refractivity contribution in [2.75, 3.05) is 6.61 Å². The van der Waals surface area contributed by atoms with Crippen molar-refractivity contribution in [3.8, 4) is 17.1 Å². The van der Waals surface area contributed by atoms with Gasteiger partial charge in [-0.3, -0.25) is 0 Å². The van der Waals surface area contributed by atoms with E-state index in [1.165, 1.54) is 10.7 Å². The maximum Gasteiger partial charge on any atom is 0.416 e. The zero-order valence-electron chi connectivity index (χ0n) is 14.0. The highest BCUT2D eigenvalue weighted by atomic mass is 35.5. The zero-order valence-corrected chi connectivity index (χ0v) is 14.8. The van der Waals surface area contributed by atoms with Gasteiger partial charge in [0.2, 0.25) is 0 Å². The van der Waals surface area contributed by atoms with E-state index in [1.807, 2.05) is 0 Å². The topological polar surface area (TPSA) is 57.0 Å². The second-order valence-electron chi connectivity index (χ2n) is 5.42. The van der Waals surface area contributed by atoms with Crippen LogP contribution in [0.3, 0.4) is 0 Å². The Labute approximate surface area is 157 Å². The Kier molecular flexibility index (Phi) is 5.18. The maximum absolute atomic E-state index is 12.9. The van der Waals surface area contributed by atoms with Crippen LogP contribution in [0.4, 0.5) is 13.2 Å². The standard InChI is InChI=1S/C18H13ClF3N3O2/c1-2-27-17(26)15-23-16(11-6-4-3-5-7-11)25(24-15)14-9-8-12(10-13(14)19)18(20,21)22/h3-10H,2H2,1H3. The summed E-state index contributed by atoms with van der Waals surface area (Å²) in [7, 11) is 0. The first-order chi connectivity index (χ1) is 12.8. The molecule has 140 valence electrons. The third-order valence-corrected chi connectivity index (χ3v) is 3.90. The molecule has 27 heavy (non-hydrogen) atoms. The van der Waals surface area contributed by atoms with Crippen molar-refractivity contribution < 1.29 is 22.7 Å². The third-order valence-electron chi connectivity index (χ3n) is 3.60. The fourth-order valence-electron chi connectivity index (χ4n) is 2.39. The van der Waals surface area contributed by atoms with Crippen LogP contribution in [-0.2, 0) is 10.9 Å². The molecule has 0 N–H and O–H groups in total. The smallest absolute Gasteiger partial charge is 0.416 e. The van der Waals surface area contributed by atoms with Gasteiger partial charge in [0.1, 0.15) is 0 Å². The number of benzene rings is 2. The molecule has 1 heterocycles. The van der Waals surface area contributed by atoms with Crippen LogP contribution < -0.4 is 0 Å². The van der Waals surface area contributed by atoms with Gasteiger partial charge in [-0.2, -0.15) is 13.2 Å². The van der Waals surface area contributed by atoms with Crippen LogP contribution in [0.25, 0.3) is 17.1 Å². The summed E-state index contributed by atoms with van der Waals surface area (Å²) in [6.45, 7) is 1.77. The highest BCUT2D eigenvalue weighted by Crippen LogP contribution is 2.34. The van der Waals surface area contributed by atoms with Crippen molar-refractivity contribution in [1.29, 1.82) is 0 Å². The number of ether oxygens (including phenoxy) is 1. The van der Waals surface area contributed by atoms with E-state index in [9.17, 15) is 18.0 Å². The predicted octanol–water partition coefficient (Wildman–Crippen LogP) is 4.78. The van der Waals surface area contributed by atoms with Gasteiger partial charge in [0.05, 0.1) is 22.9 Å². The van der Waals surface area contributed by atoms with Crippen LogP contribution in [0.5, 0.6) is 0 Å². The summed E-state index contributed by atoms with van der Waals surface area (Å²) < 4.78 is 44.8. The molecular formula is C18H13ClF3N3O2. The molecule has 0 radical (unpaired) electrons. The van der Waals surface area contributed by atoms with Gasteiger partial charge in [0, 0.05) is 5.56 Å². The summed E-state index contributed by atoms with van der Waals surface area (Å²) in [4.78, 5) is 16.2. The van der Waals surface area contributed by atoms with E-state index >= 15 is 0 Å². The summed E-state index contributed by atoms with van der Waals surface area (Å²) in [5.74, 6) is -0.705. The lowest BCUT2D eigenvalue weighted by Gasteiger charge is -2.11. The van der Waals surface area contributed by atoms with Gasteiger partial charge in [-0.15, -0.1) is 5.10 Å². The molecule has 3 rings (SSSR count). The number of halogens is 4. The number of carbonyl (C=O) groups excluding carboxylic acids is 1. The number of nitrogens with zero attached hydrogens (tertiary/aromatic N) is 3. The van der Waals surface area contributed by atoms with Crippen LogP contribution in [0.2, 0.25) is 5.02 Å². The first-order valence-electron chi connectivity index (χ1n) is 7.88. The average Bonchev–Trinajstić information content (AvgIpc) is 3.07. The summed E-state index contributed by atoms with van der Waals surface area (Å²) in [5.41, 5.74) is -0.119. The van der Waals surface area contributed by atoms with Gasteiger partial charge in [-0.1, -0.05) is 41.9 Å². The fraction of sp³-hybridized carbons (Fsp3) is 0.167. The SMILES string of the molecule is CCOC(=O)c1nc(-c2ccccc2)n(-c2ccc(C(F)(F)F)cc2Cl)n1. The molecular weight excluding hydrogens is 383 g/mol. The highest BCUT2D eigenvalue weighted by Gasteiger charge is 2.31. The van der Waals surface area contributed by atoms with Crippen LogP contribution in [-0.4, -0.2) is 27.3 Å². The number of hydrogen-bond acceptors (Lipinski definition) is 4. The molecule has 3 aromatic rings. The van der Waals surface area contributed by atoms with E-state index in [0.29, 0.717) is 5.56 Å². The van der Waals surface area contributed by atoms with Gasteiger partial charge in [0.15, 0.2) is 5.82 Å². The predicted molar refractivity (Wildman–Crippen MR) is 92.8 cm³/mol. The first-order valence-corrected chi connectivity index (χ1v) is 8.25. The lowest BCUT2D eigenvalue weighted by atomic mass is 10.2. The van der Waals surface area contributed by atoms with Crippen LogP contribution in [0, 0.1) is 0 Å². The summed E-state index contributed by atoms with van der Waals surface area (Å²) in [5, 5.41) is 3.91. The molecule has 0 saturated heterocycles. The van der Waals surface area contributed by atoms with Crippen molar-refractivity contribution in [1.82, 2.24) is 14.8 Å². The Morgan fingerprint density at radius 3 is 2.48 bits per heavy atom. The van der Waals surface area contributed by atoms with E-state index < -0.39 is 17.7 Å². The molecule has 0 fully saturated rings. The quantitative estimate of drug-likeness (QED) is 0.596. The van der Waals surface area contributed by atoms with Gasteiger partial charge >= 0.3 is 12.1 Å². The maximum atomic E-state index is 12.9. The number of alkyl halides is 3. The summed E-state index contributed by atoms with van der Waals surface area (Å²) >= 11 is 6.07. The molecule has 0 aliphatic rings. The Morgan fingerprint density at radius 2 is 1.89 bits per heavy atom. The Balaban J connectivity index is 2.15. The first kappa shape index (κ1) is 18.9.